The molecule has 0 spiro atoms. The minimum absolute atomic E-state index is 0.0258. The molecule has 0 heterocycles. The first-order valence-electron chi connectivity index (χ1n) is 9.05. The van der Waals surface area contributed by atoms with E-state index in [1.54, 1.807) is 4.90 Å². The summed E-state index contributed by atoms with van der Waals surface area (Å²) in [6, 6.07) is 5.77. The Morgan fingerprint density at radius 1 is 1.16 bits per heavy atom. The quantitative estimate of drug-likeness (QED) is 0.793. The van der Waals surface area contributed by atoms with Crippen LogP contribution in [-0.4, -0.2) is 41.0 Å². The van der Waals surface area contributed by atoms with Crippen LogP contribution >= 0.6 is 0 Å². The van der Waals surface area contributed by atoms with Gasteiger partial charge >= 0.3 is 0 Å². The number of amides is 2. The van der Waals surface area contributed by atoms with Gasteiger partial charge in [-0.2, -0.15) is 0 Å². The first kappa shape index (κ1) is 17.9. The summed E-state index contributed by atoms with van der Waals surface area (Å²) >= 11 is 0. The summed E-state index contributed by atoms with van der Waals surface area (Å²) in [5.41, 5.74) is 0.579. The van der Waals surface area contributed by atoms with Crippen molar-refractivity contribution in [2.24, 2.45) is 5.92 Å². The van der Waals surface area contributed by atoms with Gasteiger partial charge in [0.05, 0.1) is 19.2 Å². The first-order chi connectivity index (χ1) is 12.0. The smallest absolute Gasteiger partial charge is 0.242 e. The number of benzene rings is 1. The lowest BCUT2D eigenvalue weighted by molar-refractivity contribution is -0.135. The number of hydrogen-bond acceptors (Lipinski definition) is 3. The molecule has 1 atom stereocenters. The molecule has 0 aliphatic heterocycles. The number of hydrogen-bond donors (Lipinski definition) is 2. The van der Waals surface area contributed by atoms with Gasteiger partial charge in [-0.05, 0) is 43.4 Å². The minimum Gasteiger partial charge on any atom is -0.387 e. The summed E-state index contributed by atoms with van der Waals surface area (Å²) in [6.45, 7) is 0.135. The lowest BCUT2D eigenvalue weighted by Gasteiger charge is -2.26. The van der Waals surface area contributed by atoms with Crippen LogP contribution in [0.15, 0.2) is 24.3 Å². The van der Waals surface area contributed by atoms with E-state index in [4.69, 9.17) is 0 Å². The SMILES string of the molecule is O=C(NCC(=O)N(CC(O)c1ccc(F)cc1)C1CC1)C1CCCC1. The number of nitrogens with zero attached hydrogens (tertiary/aromatic N) is 1. The van der Waals surface area contributed by atoms with Gasteiger partial charge in [0.25, 0.3) is 0 Å². The number of carbonyl (C=O) groups excluding carboxylic acids is 2. The van der Waals surface area contributed by atoms with Gasteiger partial charge in [-0.25, -0.2) is 4.39 Å². The molecule has 1 unspecified atom stereocenters. The van der Waals surface area contributed by atoms with E-state index in [1.807, 2.05) is 0 Å². The van der Waals surface area contributed by atoms with E-state index in [0.29, 0.717) is 5.56 Å². The molecule has 2 aliphatic rings. The average molecular weight is 348 g/mol. The summed E-state index contributed by atoms with van der Waals surface area (Å²) in [5, 5.41) is 13.1. The van der Waals surface area contributed by atoms with Crippen LogP contribution in [0.3, 0.4) is 0 Å². The number of aliphatic hydroxyl groups is 1. The monoisotopic (exact) mass is 348 g/mol. The Morgan fingerprint density at radius 2 is 1.80 bits per heavy atom. The van der Waals surface area contributed by atoms with Gasteiger partial charge in [0, 0.05) is 12.0 Å². The number of nitrogens with one attached hydrogen (secondary N) is 1. The van der Waals surface area contributed by atoms with Crippen LogP contribution < -0.4 is 5.32 Å². The van der Waals surface area contributed by atoms with Crippen LogP contribution in [0, 0.1) is 11.7 Å². The van der Waals surface area contributed by atoms with Crippen molar-refractivity contribution in [3.05, 3.63) is 35.6 Å². The largest absolute Gasteiger partial charge is 0.387 e. The highest BCUT2D eigenvalue weighted by atomic mass is 19.1. The summed E-state index contributed by atoms with van der Waals surface area (Å²) in [5.74, 6) is -0.539. The van der Waals surface area contributed by atoms with Crippen molar-refractivity contribution in [3.63, 3.8) is 0 Å². The Morgan fingerprint density at radius 3 is 2.40 bits per heavy atom. The third-order valence-electron chi connectivity index (χ3n) is 5.07. The van der Waals surface area contributed by atoms with Crippen LogP contribution in [0.25, 0.3) is 0 Å². The number of rotatable bonds is 7. The second-order valence-electron chi connectivity index (χ2n) is 7.04. The molecule has 0 bridgehead atoms. The Hall–Kier alpha value is -1.95. The molecule has 2 N–H and O–H groups in total. The van der Waals surface area contributed by atoms with E-state index < -0.39 is 6.10 Å². The lowest BCUT2D eigenvalue weighted by Crippen LogP contribution is -2.44. The molecule has 0 aromatic heterocycles. The maximum absolute atomic E-state index is 13.0. The second kappa shape index (κ2) is 7.95. The summed E-state index contributed by atoms with van der Waals surface area (Å²) in [4.78, 5) is 26.2. The normalized spacial score (nSPS) is 18.8. The molecule has 136 valence electrons. The lowest BCUT2D eigenvalue weighted by atomic mass is 10.1. The summed E-state index contributed by atoms with van der Waals surface area (Å²) < 4.78 is 13.0. The highest BCUT2D eigenvalue weighted by Gasteiger charge is 2.34. The van der Waals surface area contributed by atoms with Crippen LogP contribution in [0.4, 0.5) is 4.39 Å². The molecular weight excluding hydrogens is 323 g/mol. The van der Waals surface area contributed by atoms with Gasteiger partial charge in [0.15, 0.2) is 0 Å². The molecule has 1 aromatic carbocycles. The van der Waals surface area contributed by atoms with E-state index in [1.165, 1.54) is 24.3 Å². The zero-order valence-electron chi connectivity index (χ0n) is 14.3. The molecule has 0 radical (unpaired) electrons. The molecule has 2 saturated carbocycles. The van der Waals surface area contributed by atoms with E-state index >= 15 is 0 Å². The first-order valence-corrected chi connectivity index (χ1v) is 9.05. The molecule has 0 saturated heterocycles. The van der Waals surface area contributed by atoms with E-state index in [2.05, 4.69) is 5.32 Å². The molecular formula is C19H25FN2O3. The van der Waals surface area contributed by atoms with Gasteiger partial charge in [-0.15, -0.1) is 0 Å². The highest BCUT2D eigenvalue weighted by molar-refractivity contribution is 5.86. The van der Waals surface area contributed by atoms with Gasteiger partial charge in [-0.1, -0.05) is 25.0 Å². The van der Waals surface area contributed by atoms with E-state index in [0.717, 1.165) is 38.5 Å². The van der Waals surface area contributed by atoms with Crippen LogP contribution in [0.5, 0.6) is 0 Å². The van der Waals surface area contributed by atoms with Gasteiger partial charge in [-0.3, -0.25) is 9.59 Å². The van der Waals surface area contributed by atoms with Gasteiger partial charge in [0.1, 0.15) is 5.82 Å². The summed E-state index contributed by atoms with van der Waals surface area (Å²) in [7, 11) is 0. The zero-order chi connectivity index (χ0) is 17.8. The average Bonchev–Trinajstić information content (AvgIpc) is 3.30. The minimum atomic E-state index is -0.865. The predicted molar refractivity (Wildman–Crippen MR) is 91.1 cm³/mol. The van der Waals surface area contributed by atoms with Crippen LogP contribution in [-0.2, 0) is 9.59 Å². The fraction of sp³-hybridized carbons (Fsp3) is 0.579. The molecule has 6 heteroatoms. The topological polar surface area (TPSA) is 69.6 Å². The summed E-state index contributed by atoms with van der Waals surface area (Å²) in [6.07, 6.45) is 4.91. The Labute approximate surface area is 147 Å². The van der Waals surface area contributed by atoms with Crippen molar-refractivity contribution in [2.45, 2.75) is 50.7 Å². The third kappa shape index (κ3) is 4.78. The molecule has 25 heavy (non-hydrogen) atoms. The molecule has 2 amide bonds. The molecule has 5 nitrogen and oxygen atoms in total. The van der Waals surface area contributed by atoms with Crippen molar-refractivity contribution in [3.8, 4) is 0 Å². The number of aliphatic hydroxyl groups excluding tert-OH is 1. The van der Waals surface area contributed by atoms with Crippen molar-refractivity contribution in [1.29, 1.82) is 0 Å². The van der Waals surface area contributed by atoms with E-state index in [-0.39, 0.29) is 42.7 Å². The van der Waals surface area contributed by atoms with Gasteiger partial charge < -0.3 is 15.3 Å². The van der Waals surface area contributed by atoms with Crippen molar-refractivity contribution in [1.82, 2.24) is 10.2 Å². The fourth-order valence-electron chi connectivity index (χ4n) is 3.41. The second-order valence-corrected chi connectivity index (χ2v) is 7.04. The third-order valence-corrected chi connectivity index (χ3v) is 5.07. The molecule has 2 fully saturated rings. The Bertz CT molecular complexity index is 610. The number of halogens is 1. The zero-order valence-corrected chi connectivity index (χ0v) is 14.3. The van der Waals surface area contributed by atoms with Gasteiger partial charge in [0.2, 0.25) is 11.8 Å². The maximum atomic E-state index is 13.0. The molecule has 3 rings (SSSR count). The predicted octanol–water partition coefficient (Wildman–Crippen LogP) is 2.16. The van der Waals surface area contributed by atoms with Crippen molar-refractivity contribution < 1.29 is 19.1 Å². The Balaban J connectivity index is 1.54. The number of carbonyl (C=O) groups is 2. The van der Waals surface area contributed by atoms with Crippen LogP contribution in [0.2, 0.25) is 0 Å². The molecule has 2 aliphatic carbocycles. The Kier molecular flexibility index (Phi) is 5.68. The fourth-order valence-corrected chi connectivity index (χ4v) is 3.41. The standard InChI is InChI=1S/C19H25FN2O3/c20-15-7-5-13(6-8-15)17(23)12-22(16-9-10-16)18(24)11-21-19(25)14-3-1-2-4-14/h5-8,14,16-17,23H,1-4,9-12H2,(H,21,25). The van der Waals surface area contributed by atoms with E-state index in [9.17, 15) is 19.1 Å². The van der Waals surface area contributed by atoms with Crippen LogP contribution in [0.1, 0.15) is 50.2 Å². The maximum Gasteiger partial charge on any atom is 0.242 e. The highest BCUT2D eigenvalue weighted by Crippen LogP contribution is 2.29. The van der Waals surface area contributed by atoms with Crippen molar-refractivity contribution in [2.75, 3.05) is 13.1 Å². The van der Waals surface area contributed by atoms with Crippen molar-refractivity contribution >= 4 is 11.8 Å². The molecule has 1 aromatic rings.